The van der Waals surface area contributed by atoms with Crippen LogP contribution in [-0.4, -0.2) is 52.8 Å². The van der Waals surface area contributed by atoms with E-state index < -0.39 is 11.6 Å². The van der Waals surface area contributed by atoms with Crippen LogP contribution < -0.4 is 5.32 Å². The standard InChI is InChI=1S/C16H27N3O3/c1-12(2)10-16(3)14(21)19(15(22)17-16)11-13(20)18-8-6-4-5-7-9-18/h12H,4-11H2,1-3H3,(H,17,22). The van der Waals surface area contributed by atoms with Gasteiger partial charge in [0.1, 0.15) is 12.1 Å². The van der Waals surface area contributed by atoms with Crippen LogP contribution in [0.4, 0.5) is 4.79 Å². The maximum absolute atomic E-state index is 12.5. The van der Waals surface area contributed by atoms with Gasteiger partial charge in [0, 0.05) is 13.1 Å². The maximum atomic E-state index is 12.5. The van der Waals surface area contributed by atoms with Crippen molar-refractivity contribution in [2.75, 3.05) is 19.6 Å². The summed E-state index contributed by atoms with van der Waals surface area (Å²) in [6.45, 7) is 7.07. The number of nitrogens with zero attached hydrogens (tertiary/aromatic N) is 2. The van der Waals surface area contributed by atoms with Crippen LogP contribution in [0.15, 0.2) is 0 Å². The second kappa shape index (κ2) is 6.67. The predicted octanol–water partition coefficient (Wildman–Crippen LogP) is 1.75. The first-order valence-electron chi connectivity index (χ1n) is 8.25. The minimum Gasteiger partial charge on any atom is -0.341 e. The lowest BCUT2D eigenvalue weighted by Gasteiger charge is -2.25. The van der Waals surface area contributed by atoms with Gasteiger partial charge in [-0.3, -0.25) is 14.5 Å². The molecule has 124 valence electrons. The van der Waals surface area contributed by atoms with E-state index in [4.69, 9.17) is 0 Å². The summed E-state index contributed by atoms with van der Waals surface area (Å²) >= 11 is 0. The normalized spacial score (nSPS) is 26.4. The molecule has 2 aliphatic rings. The van der Waals surface area contributed by atoms with Crippen molar-refractivity contribution in [3.8, 4) is 0 Å². The number of hydrogen-bond donors (Lipinski definition) is 1. The fourth-order valence-corrected chi connectivity index (χ4v) is 3.40. The van der Waals surface area contributed by atoms with E-state index in [2.05, 4.69) is 5.32 Å². The smallest absolute Gasteiger partial charge is 0.325 e. The quantitative estimate of drug-likeness (QED) is 0.804. The summed E-state index contributed by atoms with van der Waals surface area (Å²) in [5.74, 6) is -0.121. The van der Waals surface area contributed by atoms with Crippen molar-refractivity contribution < 1.29 is 14.4 Å². The summed E-state index contributed by atoms with van der Waals surface area (Å²) in [5, 5.41) is 2.75. The molecule has 0 bridgehead atoms. The second-order valence-corrected chi connectivity index (χ2v) is 7.05. The molecule has 4 amide bonds. The third-order valence-corrected chi connectivity index (χ3v) is 4.41. The summed E-state index contributed by atoms with van der Waals surface area (Å²) in [6, 6.07) is -0.448. The number of amides is 4. The van der Waals surface area contributed by atoms with Gasteiger partial charge < -0.3 is 10.2 Å². The lowest BCUT2D eigenvalue weighted by atomic mass is 9.91. The van der Waals surface area contributed by atoms with Gasteiger partial charge >= 0.3 is 6.03 Å². The molecular formula is C16H27N3O3. The second-order valence-electron chi connectivity index (χ2n) is 7.05. The van der Waals surface area contributed by atoms with E-state index in [0.717, 1.165) is 43.7 Å². The molecule has 0 aliphatic carbocycles. The zero-order chi connectivity index (χ0) is 16.3. The van der Waals surface area contributed by atoms with Crippen molar-refractivity contribution in [3.63, 3.8) is 0 Å². The fraction of sp³-hybridized carbons (Fsp3) is 0.812. The highest BCUT2D eigenvalue weighted by Crippen LogP contribution is 2.25. The highest BCUT2D eigenvalue weighted by molar-refractivity contribution is 6.08. The Morgan fingerprint density at radius 3 is 2.32 bits per heavy atom. The predicted molar refractivity (Wildman–Crippen MR) is 83.2 cm³/mol. The minimum absolute atomic E-state index is 0.126. The van der Waals surface area contributed by atoms with E-state index in [1.807, 2.05) is 13.8 Å². The van der Waals surface area contributed by atoms with E-state index in [-0.39, 0.29) is 24.3 Å². The number of likely N-dealkylation sites (tertiary alicyclic amines) is 1. The lowest BCUT2D eigenvalue weighted by Crippen LogP contribution is -2.46. The number of hydrogen-bond acceptors (Lipinski definition) is 3. The molecule has 0 aromatic rings. The molecule has 0 radical (unpaired) electrons. The Hall–Kier alpha value is -1.59. The highest BCUT2D eigenvalue weighted by Gasteiger charge is 2.48. The van der Waals surface area contributed by atoms with Gasteiger partial charge in [-0.2, -0.15) is 0 Å². The zero-order valence-corrected chi connectivity index (χ0v) is 13.9. The van der Waals surface area contributed by atoms with Gasteiger partial charge in [-0.25, -0.2) is 4.79 Å². The summed E-state index contributed by atoms with van der Waals surface area (Å²) in [7, 11) is 0. The van der Waals surface area contributed by atoms with Gasteiger partial charge in [0.15, 0.2) is 0 Å². The Labute approximate surface area is 132 Å². The molecule has 1 atom stereocenters. The molecule has 2 heterocycles. The molecule has 2 fully saturated rings. The topological polar surface area (TPSA) is 69.7 Å². The third kappa shape index (κ3) is 3.59. The molecule has 0 saturated carbocycles. The summed E-state index contributed by atoms with van der Waals surface area (Å²) in [6.07, 6.45) is 4.85. The number of urea groups is 1. The van der Waals surface area contributed by atoms with Gasteiger partial charge in [-0.1, -0.05) is 26.7 Å². The largest absolute Gasteiger partial charge is 0.341 e. The van der Waals surface area contributed by atoms with Gasteiger partial charge in [-0.15, -0.1) is 0 Å². The van der Waals surface area contributed by atoms with Gasteiger partial charge in [0.25, 0.3) is 5.91 Å². The van der Waals surface area contributed by atoms with Gasteiger partial charge in [0.2, 0.25) is 5.91 Å². The number of carbonyl (C=O) groups is 3. The Morgan fingerprint density at radius 1 is 1.18 bits per heavy atom. The lowest BCUT2D eigenvalue weighted by molar-refractivity contribution is -0.139. The molecule has 1 N–H and O–H groups in total. The molecule has 0 aromatic carbocycles. The monoisotopic (exact) mass is 309 g/mol. The van der Waals surface area contributed by atoms with Crippen LogP contribution in [0.3, 0.4) is 0 Å². The first-order valence-corrected chi connectivity index (χ1v) is 8.25. The third-order valence-electron chi connectivity index (χ3n) is 4.41. The molecule has 0 aromatic heterocycles. The molecule has 1 unspecified atom stereocenters. The van der Waals surface area contributed by atoms with Crippen molar-refractivity contribution in [2.24, 2.45) is 5.92 Å². The van der Waals surface area contributed by atoms with E-state index >= 15 is 0 Å². The average molecular weight is 309 g/mol. The van der Waals surface area contributed by atoms with Gasteiger partial charge in [-0.05, 0) is 32.1 Å². The van der Waals surface area contributed by atoms with Crippen molar-refractivity contribution in [2.45, 2.75) is 58.4 Å². The molecular weight excluding hydrogens is 282 g/mol. The Kier molecular flexibility index (Phi) is 5.08. The fourth-order valence-electron chi connectivity index (χ4n) is 3.40. The number of nitrogens with one attached hydrogen (secondary N) is 1. The Morgan fingerprint density at radius 2 is 1.77 bits per heavy atom. The van der Waals surface area contributed by atoms with E-state index in [1.165, 1.54) is 0 Å². The van der Waals surface area contributed by atoms with Crippen LogP contribution in [-0.2, 0) is 9.59 Å². The van der Waals surface area contributed by atoms with Crippen LogP contribution in [0, 0.1) is 5.92 Å². The molecule has 2 rings (SSSR count). The van der Waals surface area contributed by atoms with Crippen molar-refractivity contribution in [1.29, 1.82) is 0 Å². The summed E-state index contributed by atoms with van der Waals surface area (Å²) < 4.78 is 0. The highest BCUT2D eigenvalue weighted by atomic mass is 16.2. The van der Waals surface area contributed by atoms with Crippen LogP contribution >= 0.6 is 0 Å². The van der Waals surface area contributed by atoms with E-state index in [0.29, 0.717) is 6.42 Å². The molecule has 6 heteroatoms. The molecule has 2 saturated heterocycles. The molecule has 0 spiro atoms. The van der Waals surface area contributed by atoms with E-state index in [1.54, 1.807) is 11.8 Å². The number of rotatable bonds is 4. The maximum Gasteiger partial charge on any atom is 0.325 e. The van der Waals surface area contributed by atoms with Crippen LogP contribution in [0.25, 0.3) is 0 Å². The van der Waals surface area contributed by atoms with Crippen molar-refractivity contribution in [1.82, 2.24) is 15.1 Å². The van der Waals surface area contributed by atoms with E-state index in [9.17, 15) is 14.4 Å². The first kappa shape index (κ1) is 16.8. The van der Waals surface area contributed by atoms with Crippen LogP contribution in [0.2, 0.25) is 0 Å². The van der Waals surface area contributed by atoms with Crippen molar-refractivity contribution >= 4 is 17.8 Å². The minimum atomic E-state index is -0.885. The summed E-state index contributed by atoms with van der Waals surface area (Å²) in [5.41, 5.74) is -0.885. The molecule has 22 heavy (non-hydrogen) atoms. The SMILES string of the molecule is CC(C)CC1(C)NC(=O)N(CC(=O)N2CCCCCC2)C1=O. The zero-order valence-electron chi connectivity index (χ0n) is 13.9. The Balaban J connectivity index is 2.01. The number of carbonyl (C=O) groups excluding carboxylic acids is 3. The number of imide groups is 1. The van der Waals surface area contributed by atoms with Gasteiger partial charge in [0.05, 0.1) is 0 Å². The van der Waals surface area contributed by atoms with Crippen LogP contribution in [0.1, 0.15) is 52.9 Å². The molecule has 6 nitrogen and oxygen atoms in total. The first-order chi connectivity index (χ1) is 10.3. The molecule has 2 aliphatic heterocycles. The summed E-state index contributed by atoms with van der Waals surface area (Å²) in [4.78, 5) is 39.9. The Bertz CT molecular complexity index is 456. The van der Waals surface area contributed by atoms with Crippen LogP contribution in [0.5, 0.6) is 0 Å². The average Bonchev–Trinajstić information content (AvgIpc) is 2.67. The van der Waals surface area contributed by atoms with Crippen molar-refractivity contribution in [3.05, 3.63) is 0 Å².